The maximum absolute atomic E-state index is 12.2. The Kier molecular flexibility index (Phi) is 1.98. The lowest BCUT2D eigenvalue weighted by atomic mass is 10.3. The van der Waals surface area contributed by atoms with Crippen molar-refractivity contribution in [3.05, 3.63) is 17.8 Å². The molecule has 0 fully saturated rings. The molecule has 14 heavy (non-hydrogen) atoms. The number of fused-ring (bicyclic) bond motifs is 1. The van der Waals surface area contributed by atoms with Crippen molar-refractivity contribution in [3.8, 4) is 5.88 Å². The van der Waals surface area contributed by atoms with Crippen LogP contribution in [0.25, 0.3) is 0 Å². The molecular weight excluding hydrogens is 197 g/mol. The highest BCUT2D eigenvalue weighted by atomic mass is 19.4. The summed E-state index contributed by atoms with van der Waals surface area (Å²) >= 11 is 0. The summed E-state index contributed by atoms with van der Waals surface area (Å²) < 4.78 is 41.6. The van der Waals surface area contributed by atoms with E-state index in [9.17, 15) is 13.2 Å². The van der Waals surface area contributed by atoms with Gasteiger partial charge in [-0.2, -0.15) is 13.2 Å². The zero-order valence-corrected chi connectivity index (χ0v) is 7.06. The van der Waals surface area contributed by atoms with Gasteiger partial charge in [0.1, 0.15) is 12.3 Å². The molecule has 0 unspecified atom stereocenters. The van der Waals surface area contributed by atoms with E-state index in [0.717, 1.165) is 6.07 Å². The van der Waals surface area contributed by atoms with E-state index in [4.69, 9.17) is 4.74 Å². The average Bonchev–Trinajstić information content (AvgIpc) is 2.16. The zero-order chi connectivity index (χ0) is 10.2. The highest BCUT2D eigenvalue weighted by Gasteiger charge is 2.33. The van der Waals surface area contributed by atoms with E-state index in [0.29, 0.717) is 18.8 Å². The number of halogens is 3. The summed E-state index contributed by atoms with van der Waals surface area (Å²) in [6.07, 6.45) is -4.42. The molecule has 0 amide bonds. The first-order chi connectivity index (χ1) is 6.57. The third-order valence-corrected chi connectivity index (χ3v) is 1.81. The lowest BCUT2D eigenvalue weighted by Gasteiger charge is -2.18. The minimum absolute atomic E-state index is 0.0195. The number of nitrogens with one attached hydrogen (secondary N) is 1. The summed E-state index contributed by atoms with van der Waals surface area (Å²) in [7, 11) is 0. The summed E-state index contributed by atoms with van der Waals surface area (Å²) in [5.41, 5.74) is -0.427. The van der Waals surface area contributed by atoms with Gasteiger partial charge in [0.15, 0.2) is 0 Å². The van der Waals surface area contributed by atoms with Crippen LogP contribution >= 0.6 is 0 Å². The highest BCUT2D eigenvalue weighted by molar-refractivity contribution is 5.54. The third-order valence-electron chi connectivity index (χ3n) is 1.81. The van der Waals surface area contributed by atoms with Crippen LogP contribution in [0.4, 0.5) is 18.9 Å². The molecule has 3 nitrogen and oxygen atoms in total. The average molecular weight is 204 g/mol. The second-order valence-electron chi connectivity index (χ2n) is 2.82. The second kappa shape index (κ2) is 3.04. The van der Waals surface area contributed by atoms with Gasteiger partial charge in [-0.1, -0.05) is 0 Å². The number of alkyl halides is 3. The van der Waals surface area contributed by atoms with Crippen molar-refractivity contribution >= 4 is 5.69 Å². The number of hydrogen-bond donors (Lipinski definition) is 1. The van der Waals surface area contributed by atoms with Crippen LogP contribution in [0, 0.1) is 0 Å². The van der Waals surface area contributed by atoms with E-state index in [1.807, 2.05) is 0 Å². The van der Waals surface area contributed by atoms with Crippen LogP contribution < -0.4 is 10.1 Å². The van der Waals surface area contributed by atoms with Gasteiger partial charge < -0.3 is 10.1 Å². The summed E-state index contributed by atoms with van der Waals surface area (Å²) in [5, 5.41) is 2.89. The summed E-state index contributed by atoms with van der Waals surface area (Å²) in [6.45, 7) is 0.918. The minimum Gasteiger partial charge on any atom is -0.474 e. The molecule has 0 saturated carbocycles. The smallest absolute Gasteiger partial charge is 0.433 e. The van der Waals surface area contributed by atoms with Crippen molar-refractivity contribution in [1.29, 1.82) is 0 Å². The van der Waals surface area contributed by atoms with E-state index in [-0.39, 0.29) is 5.88 Å². The maximum atomic E-state index is 12.2. The normalized spacial score (nSPS) is 15.4. The molecule has 2 heterocycles. The molecule has 0 atom stereocenters. The number of aromatic nitrogens is 1. The van der Waals surface area contributed by atoms with Gasteiger partial charge >= 0.3 is 6.18 Å². The monoisotopic (exact) mass is 204 g/mol. The lowest BCUT2D eigenvalue weighted by molar-refractivity contribution is -0.141. The Morgan fingerprint density at radius 2 is 2.14 bits per heavy atom. The quantitative estimate of drug-likeness (QED) is 0.700. The number of ether oxygens (including phenoxy) is 1. The van der Waals surface area contributed by atoms with Gasteiger partial charge in [-0.25, -0.2) is 4.98 Å². The number of nitrogens with zero attached hydrogens (tertiary/aromatic N) is 1. The van der Waals surface area contributed by atoms with Crippen LogP contribution in [-0.2, 0) is 6.18 Å². The molecule has 0 aromatic carbocycles. The van der Waals surface area contributed by atoms with E-state index in [2.05, 4.69) is 10.3 Å². The number of pyridine rings is 1. The molecule has 1 N–H and O–H groups in total. The predicted octanol–water partition coefficient (Wildman–Crippen LogP) is 1.90. The van der Waals surface area contributed by atoms with Gasteiger partial charge in [-0.15, -0.1) is 0 Å². The van der Waals surface area contributed by atoms with Crippen LogP contribution in [0.3, 0.4) is 0 Å². The zero-order valence-electron chi connectivity index (χ0n) is 7.06. The third kappa shape index (κ3) is 1.59. The van der Waals surface area contributed by atoms with Crippen molar-refractivity contribution in [3.63, 3.8) is 0 Å². The molecule has 0 radical (unpaired) electrons. The molecule has 0 saturated heterocycles. The molecule has 2 rings (SSSR count). The van der Waals surface area contributed by atoms with Crippen molar-refractivity contribution in [2.75, 3.05) is 18.5 Å². The van der Waals surface area contributed by atoms with Crippen molar-refractivity contribution < 1.29 is 17.9 Å². The summed E-state index contributed by atoms with van der Waals surface area (Å²) in [4.78, 5) is 3.37. The van der Waals surface area contributed by atoms with Crippen molar-refractivity contribution in [2.24, 2.45) is 0 Å². The maximum Gasteiger partial charge on any atom is 0.433 e. The topological polar surface area (TPSA) is 34.1 Å². The molecule has 0 aliphatic carbocycles. The molecule has 6 heteroatoms. The Labute approximate surface area is 77.9 Å². The van der Waals surface area contributed by atoms with Crippen LogP contribution in [0.15, 0.2) is 12.1 Å². The van der Waals surface area contributed by atoms with Gasteiger partial charge in [0.05, 0.1) is 5.69 Å². The molecule has 76 valence electrons. The lowest BCUT2D eigenvalue weighted by Crippen LogP contribution is -2.20. The van der Waals surface area contributed by atoms with Crippen molar-refractivity contribution in [1.82, 2.24) is 4.98 Å². The molecule has 1 aromatic heterocycles. The predicted molar refractivity (Wildman–Crippen MR) is 43.2 cm³/mol. The Bertz CT molecular complexity index is 351. The highest BCUT2D eigenvalue weighted by Crippen LogP contribution is 2.32. The fraction of sp³-hybridized carbons (Fsp3) is 0.375. The molecular formula is C8H7F3N2O. The standard InChI is InChI=1S/C8H7F3N2O/c9-8(10,11)6-2-1-5-7(13-6)14-4-3-12-5/h1-2,12H,3-4H2. The van der Waals surface area contributed by atoms with E-state index in [1.54, 1.807) is 0 Å². The Balaban J connectivity index is 2.39. The second-order valence-corrected chi connectivity index (χ2v) is 2.82. The molecule has 0 bridgehead atoms. The van der Waals surface area contributed by atoms with Gasteiger partial charge in [0, 0.05) is 6.54 Å². The Hall–Kier alpha value is -1.46. The Morgan fingerprint density at radius 3 is 2.86 bits per heavy atom. The summed E-state index contributed by atoms with van der Waals surface area (Å²) in [5.74, 6) is 0.0195. The molecule has 1 aliphatic heterocycles. The van der Waals surface area contributed by atoms with Crippen LogP contribution in [-0.4, -0.2) is 18.1 Å². The fourth-order valence-corrected chi connectivity index (χ4v) is 1.18. The minimum atomic E-state index is -4.42. The van der Waals surface area contributed by atoms with Crippen molar-refractivity contribution in [2.45, 2.75) is 6.18 Å². The van der Waals surface area contributed by atoms with Crippen LogP contribution in [0.2, 0.25) is 0 Å². The van der Waals surface area contributed by atoms with E-state index < -0.39 is 11.9 Å². The Morgan fingerprint density at radius 1 is 1.36 bits per heavy atom. The molecule has 0 spiro atoms. The van der Waals surface area contributed by atoms with Gasteiger partial charge in [-0.3, -0.25) is 0 Å². The fourth-order valence-electron chi connectivity index (χ4n) is 1.18. The molecule has 1 aromatic rings. The van der Waals surface area contributed by atoms with Gasteiger partial charge in [-0.05, 0) is 12.1 Å². The first-order valence-electron chi connectivity index (χ1n) is 4.02. The molecule has 1 aliphatic rings. The van der Waals surface area contributed by atoms with Crippen LogP contribution in [0.1, 0.15) is 5.69 Å². The number of rotatable bonds is 0. The number of anilines is 1. The largest absolute Gasteiger partial charge is 0.474 e. The van der Waals surface area contributed by atoms with E-state index >= 15 is 0 Å². The SMILES string of the molecule is FC(F)(F)c1ccc2c(n1)OCCN2. The number of hydrogen-bond acceptors (Lipinski definition) is 3. The van der Waals surface area contributed by atoms with Gasteiger partial charge in [0.2, 0.25) is 5.88 Å². The van der Waals surface area contributed by atoms with E-state index in [1.165, 1.54) is 6.07 Å². The first kappa shape index (κ1) is 9.11. The van der Waals surface area contributed by atoms with Crippen LogP contribution in [0.5, 0.6) is 5.88 Å². The summed E-state index contributed by atoms with van der Waals surface area (Å²) in [6, 6.07) is 2.25. The first-order valence-corrected chi connectivity index (χ1v) is 4.02. The van der Waals surface area contributed by atoms with Gasteiger partial charge in [0.25, 0.3) is 0 Å².